The maximum absolute atomic E-state index is 5.59. The van der Waals surface area contributed by atoms with Gasteiger partial charge in [-0.25, -0.2) is 4.98 Å². The minimum Gasteiger partial charge on any atom is -0.326 e. The highest BCUT2D eigenvalue weighted by molar-refractivity contribution is 7.10. The highest BCUT2D eigenvalue weighted by atomic mass is 32.1. The average molecular weight is 244 g/mol. The second-order valence-corrected chi connectivity index (χ2v) is 5.68. The summed E-state index contributed by atoms with van der Waals surface area (Å²) in [7, 11) is 0. The lowest BCUT2D eigenvalue weighted by Gasteiger charge is -1.99. The topological polar surface area (TPSA) is 38.9 Å². The monoisotopic (exact) mass is 244 g/mol. The molecule has 1 saturated carbocycles. The van der Waals surface area contributed by atoms with Crippen molar-refractivity contribution in [3.05, 3.63) is 40.2 Å². The van der Waals surface area contributed by atoms with Crippen molar-refractivity contribution in [2.75, 3.05) is 0 Å². The van der Waals surface area contributed by atoms with Crippen LogP contribution in [0.3, 0.4) is 0 Å². The fourth-order valence-electron chi connectivity index (χ4n) is 2.07. The molecule has 0 spiro atoms. The number of nitrogens with zero attached hydrogens (tertiary/aromatic N) is 1. The number of aromatic nitrogens is 1. The van der Waals surface area contributed by atoms with E-state index in [9.17, 15) is 0 Å². The normalized spacial score (nSPS) is 22.7. The average Bonchev–Trinajstić information content (AvgIpc) is 2.92. The van der Waals surface area contributed by atoms with E-state index in [1.165, 1.54) is 22.6 Å². The molecule has 1 aliphatic rings. The van der Waals surface area contributed by atoms with E-state index < -0.39 is 0 Å². The first-order chi connectivity index (χ1) is 8.28. The smallest absolute Gasteiger partial charge is 0.0966 e. The Morgan fingerprint density at radius 3 is 2.65 bits per heavy atom. The lowest BCUT2D eigenvalue weighted by atomic mass is 10.1. The van der Waals surface area contributed by atoms with Gasteiger partial charge in [0.25, 0.3) is 0 Å². The van der Waals surface area contributed by atoms with Gasteiger partial charge in [0.1, 0.15) is 0 Å². The largest absolute Gasteiger partial charge is 0.326 e. The first-order valence-electron chi connectivity index (χ1n) is 6.02. The fourth-order valence-corrected chi connectivity index (χ4v) is 3.14. The Balaban J connectivity index is 1.85. The van der Waals surface area contributed by atoms with Crippen molar-refractivity contribution < 1.29 is 0 Å². The summed E-state index contributed by atoms with van der Waals surface area (Å²) in [5.74, 6) is 1.55. The zero-order valence-electron chi connectivity index (χ0n) is 9.89. The van der Waals surface area contributed by atoms with E-state index in [2.05, 4.69) is 36.6 Å². The SMILES string of the molecule is CC1CC1c1nc(-c2ccc(CN)cc2)cs1. The number of hydrogen-bond acceptors (Lipinski definition) is 3. The Morgan fingerprint density at radius 1 is 1.35 bits per heavy atom. The van der Waals surface area contributed by atoms with Crippen LogP contribution in [0.15, 0.2) is 29.6 Å². The lowest BCUT2D eigenvalue weighted by molar-refractivity contribution is 0.906. The van der Waals surface area contributed by atoms with E-state index in [1.807, 2.05) is 0 Å². The van der Waals surface area contributed by atoms with Crippen molar-refractivity contribution >= 4 is 11.3 Å². The molecule has 3 heteroatoms. The van der Waals surface area contributed by atoms with Gasteiger partial charge in [-0.05, 0) is 17.9 Å². The molecule has 88 valence electrons. The highest BCUT2D eigenvalue weighted by Gasteiger charge is 2.36. The summed E-state index contributed by atoms with van der Waals surface area (Å²) < 4.78 is 0. The number of benzene rings is 1. The summed E-state index contributed by atoms with van der Waals surface area (Å²) in [5, 5.41) is 3.47. The Labute approximate surface area is 106 Å². The van der Waals surface area contributed by atoms with Gasteiger partial charge in [0.05, 0.1) is 10.7 Å². The van der Waals surface area contributed by atoms with Gasteiger partial charge in [-0.3, -0.25) is 0 Å². The van der Waals surface area contributed by atoms with E-state index in [-0.39, 0.29) is 0 Å². The predicted octanol–water partition coefficient (Wildman–Crippen LogP) is 3.39. The molecule has 1 aromatic carbocycles. The van der Waals surface area contributed by atoms with Crippen LogP contribution < -0.4 is 5.73 Å². The van der Waals surface area contributed by atoms with Crippen LogP contribution in [0.5, 0.6) is 0 Å². The maximum Gasteiger partial charge on any atom is 0.0966 e. The third kappa shape index (κ3) is 2.13. The van der Waals surface area contributed by atoms with Crippen molar-refractivity contribution in [1.82, 2.24) is 4.98 Å². The van der Waals surface area contributed by atoms with Crippen LogP contribution in [0.2, 0.25) is 0 Å². The van der Waals surface area contributed by atoms with Crippen molar-refractivity contribution in [3.63, 3.8) is 0 Å². The van der Waals surface area contributed by atoms with E-state index in [1.54, 1.807) is 11.3 Å². The molecule has 2 N–H and O–H groups in total. The van der Waals surface area contributed by atoms with Crippen LogP contribution in [0.4, 0.5) is 0 Å². The number of nitrogens with two attached hydrogens (primary N) is 1. The molecule has 1 fully saturated rings. The number of hydrogen-bond donors (Lipinski definition) is 1. The van der Waals surface area contributed by atoms with Crippen LogP contribution in [0.1, 0.15) is 29.8 Å². The summed E-state index contributed by atoms with van der Waals surface area (Å²) >= 11 is 1.79. The Hall–Kier alpha value is -1.19. The molecule has 2 aromatic rings. The Morgan fingerprint density at radius 2 is 2.06 bits per heavy atom. The van der Waals surface area contributed by atoms with Crippen LogP contribution in [-0.4, -0.2) is 4.98 Å². The van der Waals surface area contributed by atoms with Crippen LogP contribution in [-0.2, 0) is 6.54 Å². The molecule has 1 aromatic heterocycles. The summed E-state index contributed by atoms with van der Waals surface area (Å²) in [6.07, 6.45) is 1.30. The van der Waals surface area contributed by atoms with E-state index in [0.717, 1.165) is 17.5 Å². The molecule has 17 heavy (non-hydrogen) atoms. The van der Waals surface area contributed by atoms with Gasteiger partial charge in [-0.1, -0.05) is 31.2 Å². The quantitative estimate of drug-likeness (QED) is 0.898. The van der Waals surface area contributed by atoms with Crippen molar-refractivity contribution in [2.24, 2.45) is 11.7 Å². The van der Waals surface area contributed by atoms with Gasteiger partial charge >= 0.3 is 0 Å². The first-order valence-corrected chi connectivity index (χ1v) is 6.90. The van der Waals surface area contributed by atoms with Gasteiger partial charge in [0.2, 0.25) is 0 Å². The zero-order chi connectivity index (χ0) is 11.8. The van der Waals surface area contributed by atoms with Crippen molar-refractivity contribution in [2.45, 2.75) is 25.8 Å². The predicted molar refractivity (Wildman–Crippen MR) is 72.0 cm³/mol. The van der Waals surface area contributed by atoms with Gasteiger partial charge in [-0.2, -0.15) is 0 Å². The Kier molecular flexibility index (Phi) is 2.73. The van der Waals surface area contributed by atoms with Gasteiger partial charge in [-0.15, -0.1) is 11.3 Å². The molecular weight excluding hydrogens is 228 g/mol. The van der Waals surface area contributed by atoms with E-state index in [0.29, 0.717) is 6.54 Å². The summed E-state index contributed by atoms with van der Waals surface area (Å²) in [6.45, 7) is 2.89. The zero-order valence-corrected chi connectivity index (χ0v) is 10.7. The molecule has 0 saturated heterocycles. The standard InChI is InChI=1S/C14H16N2S/c1-9-6-12(9)14-16-13(8-17-14)11-4-2-10(7-15)3-5-11/h2-5,8-9,12H,6-7,15H2,1H3. The first kappa shape index (κ1) is 10.9. The molecular formula is C14H16N2S. The lowest BCUT2D eigenvalue weighted by Crippen LogP contribution is -1.95. The Bertz CT molecular complexity index is 515. The number of rotatable bonds is 3. The molecule has 2 atom stereocenters. The second-order valence-electron chi connectivity index (χ2n) is 4.79. The minimum absolute atomic E-state index is 0.599. The molecule has 0 bridgehead atoms. The molecule has 0 aliphatic heterocycles. The van der Waals surface area contributed by atoms with Crippen LogP contribution in [0.25, 0.3) is 11.3 Å². The third-order valence-electron chi connectivity index (χ3n) is 3.43. The molecule has 2 unspecified atom stereocenters. The maximum atomic E-state index is 5.59. The molecule has 0 radical (unpaired) electrons. The molecule has 1 heterocycles. The summed E-state index contributed by atoms with van der Waals surface area (Å²) in [5.41, 5.74) is 9.06. The van der Waals surface area contributed by atoms with Gasteiger partial charge in [0, 0.05) is 23.4 Å². The highest BCUT2D eigenvalue weighted by Crippen LogP contribution is 2.48. The van der Waals surface area contributed by atoms with Gasteiger partial charge < -0.3 is 5.73 Å². The van der Waals surface area contributed by atoms with Crippen molar-refractivity contribution in [3.8, 4) is 11.3 Å². The molecule has 1 aliphatic carbocycles. The fraction of sp³-hybridized carbons (Fsp3) is 0.357. The number of thiazole rings is 1. The van der Waals surface area contributed by atoms with E-state index >= 15 is 0 Å². The van der Waals surface area contributed by atoms with Crippen molar-refractivity contribution in [1.29, 1.82) is 0 Å². The molecule has 2 nitrogen and oxygen atoms in total. The van der Waals surface area contributed by atoms with Crippen LogP contribution >= 0.6 is 11.3 Å². The molecule has 3 rings (SSSR count). The molecule has 0 amide bonds. The van der Waals surface area contributed by atoms with E-state index in [4.69, 9.17) is 10.7 Å². The second kappa shape index (κ2) is 4.24. The minimum atomic E-state index is 0.599. The third-order valence-corrected chi connectivity index (χ3v) is 4.41. The van der Waals surface area contributed by atoms with Gasteiger partial charge in [0.15, 0.2) is 0 Å². The summed E-state index contributed by atoms with van der Waals surface area (Å²) in [4.78, 5) is 4.74. The van der Waals surface area contributed by atoms with Crippen LogP contribution in [0, 0.1) is 5.92 Å². The summed E-state index contributed by atoms with van der Waals surface area (Å²) in [6, 6.07) is 8.37.